The fourth-order valence-electron chi connectivity index (χ4n) is 2.78. The Balaban J connectivity index is 0.00000124. The average molecular weight is 444 g/mol. The summed E-state index contributed by atoms with van der Waals surface area (Å²) in [4.78, 5) is 23.4. The zero-order chi connectivity index (χ0) is 21.7. The summed E-state index contributed by atoms with van der Waals surface area (Å²) in [5.41, 5.74) is 0.874. The molecule has 2 N–H and O–H groups in total. The lowest BCUT2D eigenvalue weighted by atomic mass is 10.1. The van der Waals surface area contributed by atoms with E-state index in [2.05, 4.69) is 33.6 Å². The van der Waals surface area contributed by atoms with Gasteiger partial charge >= 0.3 is 0 Å². The van der Waals surface area contributed by atoms with Gasteiger partial charge in [-0.1, -0.05) is 33.8 Å². The summed E-state index contributed by atoms with van der Waals surface area (Å²) in [5, 5.41) is 17.3. The highest BCUT2D eigenvalue weighted by molar-refractivity contribution is 7.98. The molecule has 0 fully saturated rings. The van der Waals surface area contributed by atoms with Gasteiger partial charge in [0.2, 0.25) is 0 Å². The summed E-state index contributed by atoms with van der Waals surface area (Å²) in [6.07, 6.45) is 4.16. The molecule has 0 amide bonds. The Hall–Kier alpha value is -2.65. The Labute approximate surface area is 184 Å². The lowest BCUT2D eigenvalue weighted by molar-refractivity contribution is 0.444. The molecule has 0 atom stereocenters. The van der Waals surface area contributed by atoms with Gasteiger partial charge in [-0.2, -0.15) is 5.10 Å². The topological polar surface area (TPSA) is 92.4 Å². The Morgan fingerprint density at radius 2 is 2.07 bits per heavy atom. The molecule has 4 rings (SSSR count). The number of nitrogens with one attached hydrogen (secondary N) is 1. The van der Waals surface area contributed by atoms with Crippen molar-refractivity contribution in [3.63, 3.8) is 0 Å². The lowest BCUT2D eigenvalue weighted by Gasteiger charge is -2.18. The van der Waals surface area contributed by atoms with Crippen LogP contribution < -0.4 is 10.3 Å². The Morgan fingerprint density at radius 1 is 1.27 bits per heavy atom. The quantitative estimate of drug-likeness (QED) is 0.549. The molecule has 3 aromatic rings. The zero-order valence-corrected chi connectivity index (χ0v) is 19.0. The number of aromatic nitrogens is 3. The van der Waals surface area contributed by atoms with Crippen LogP contribution in [0.5, 0.6) is 5.75 Å². The van der Waals surface area contributed by atoms with Crippen LogP contribution in [0, 0.1) is 5.92 Å². The molecule has 1 aliphatic heterocycles. The average Bonchev–Trinajstić information content (AvgIpc) is 3.29. The van der Waals surface area contributed by atoms with Crippen molar-refractivity contribution < 1.29 is 5.11 Å². The molecule has 158 valence electrons. The molecule has 0 unspecified atom stereocenters. The maximum Gasteiger partial charge on any atom is 0.281 e. The van der Waals surface area contributed by atoms with Crippen LogP contribution in [-0.2, 0) is 6.54 Å². The van der Waals surface area contributed by atoms with Crippen LogP contribution in [-0.4, -0.2) is 25.7 Å². The van der Waals surface area contributed by atoms with Crippen molar-refractivity contribution in [3.05, 3.63) is 51.9 Å². The second kappa shape index (κ2) is 9.90. The number of aromatic hydroxyl groups is 1. The molecule has 7 nitrogen and oxygen atoms in total. The molecule has 9 heteroatoms. The van der Waals surface area contributed by atoms with Crippen molar-refractivity contribution in [2.75, 3.05) is 0 Å². The van der Waals surface area contributed by atoms with Crippen molar-refractivity contribution in [1.29, 1.82) is 0 Å². The van der Waals surface area contributed by atoms with Crippen molar-refractivity contribution in [2.45, 2.75) is 45.6 Å². The molecule has 4 heterocycles. The summed E-state index contributed by atoms with van der Waals surface area (Å²) in [7, 11) is 0. The maximum atomic E-state index is 13.1. The first-order valence-corrected chi connectivity index (χ1v) is 11.6. The number of aryl methyl sites for hydroxylation is 1. The molecule has 0 spiro atoms. The highest BCUT2D eigenvalue weighted by Gasteiger charge is 2.25. The fraction of sp³-hybridized carbons (Fsp3) is 0.333. The van der Waals surface area contributed by atoms with E-state index in [4.69, 9.17) is 0 Å². The molecule has 0 aliphatic carbocycles. The van der Waals surface area contributed by atoms with E-state index < -0.39 is 0 Å². The monoisotopic (exact) mass is 443 g/mol. The molecule has 0 saturated carbocycles. The summed E-state index contributed by atoms with van der Waals surface area (Å²) in [6, 6.07) is 5.54. The van der Waals surface area contributed by atoms with Crippen LogP contribution in [0.2, 0.25) is 0 Å². The first-order chi connectivity index (χ1) is 14.5. The van der Waals surface area contributed by atoms with Gasteiger partial charge in [0.15, 0.2) is 11.6 Å². The number of hydrogen-bond acceptors (Lipinski definition) is 8. The van der Waals surface area contributed by atoms with E-state index in [1.165, 1.54) is 28.0 Å². The molecule has 3 aromatic heterocycles. The number of fused-ring (bicyclic) bond motifs is 1. The van der Waals surface area contributed by atoms with E-state index in [9.17, 15) is 9.90 Å². The standard InChI is InChI=1S/C19H19N5O2S2.C2H6/c1-11(2)6-8-24-19(26)15(17(25)16(22-24)13-4-3-9-27-13)18-21-12-5-7-20-10-14(12)28-23-18;1-2/h3-5,7,9-11,25H,6,8H2,1-2H3,(H,21,23);1-2H3. The predicted octanol–water partition coefficient (Wildman–Crippen LogP) is 4.83. The summed E-state index contributed by atoms with van der Waals surface area (Å²) in [6.45, 7) is 8.67. The fourth-order valence-corrected chi connectivity index (χ4v) is 4.18. The second-order valence-corrected chi connectivity index (χ2v) is 8.56. The third-order valence-electron chi connectivity index (χ3n) is 4.29. The van der Waals surface area contributed by atoms with E-state index in [1.807, 2.05) is 31.4 Å². The van der Waals surface area contributed by atoms with Crippen molar-refractivity contribution >= 4 is 34.8 Å². The van der Waals surface area contributed by atoms with Crippen LogP contribution in [0.3, 0.4) is 0 Å². The van der Waals surface area contributed by atoms with E-state index >= 15 is 0 Å². The molecule has 1 aliphatic rings. The predicted molar refractivity (Wildman–Crippen MR) is 124 cm³/mol. The van der Waals surface area contributed by atoms with Gasteiger partial charge in [-0.25, -0.2) is 9.67 Å². The first kappa shape index (κ1) is 22.0. The maximum absolute atomic E-state index is 13.1. The van der Waals surface area contributed by atoms with E-state index in [0.717, 1.165) is 16.2 Å². The molecule has 0 aromatic carbocycles. The summed E-state index contributed by atoms with van der Waals surface area (Å²) < 4.78 is 4.50. The Kier molecular flexibility index (Phi) is 7.28. The number of aliphatic imine (C=N–C) groups is 1. The Bertz CT molecular complexity index is 1090. The minimum atomic E-state index is -0.359. The molecular formula is C21H25N5O2S2. The number of nitrogens with zero attached hydrogens (tertiary/aromatic N) is 4. The van der Waals surface area contributed by atoms with Gasteiger partial charge in [-0.05, 0) is 41.8 Å². The smallest absolute Gasteiger partial charge is 0.281 e. The number of thiophene rings is 1. The van der Waals surface area contributed by atoms with Gasteiger partial charge < -0.3 is 9.83 Å². The minimum Gasteiger partial charge on any atom is -0.505 e. The molecule has 0 saturated heterocycles. The van der Waals surface area contributed by atoms with Crippen molar-refractivity contribution in [3.8, 4) is 16.3 Å². The van der Waals surface area contributed by atoms with E-state index in [0.29, 0.717) is 29.7 Å². The lowest BCUT2D eigenvalue weighted by Crippen LogP contribution is -2.34. The van der Waals surface area contributed by atoms with Gasteiger partial charge in [0.25, 0.3) is 5.56 Å². The molecule has 30 heavy (non-hydrogen) atoms. The van der Waals surface area contributed by atoms with Gasteiger partial charge in [-0.15, -0.1) is 11.3 Å². The number of amidine groups is 1. The van der Waals surface area contributed by atoms with Crippen LogP contribution >= 0.6 is 23.3 Å². The highest BCUT2D eigenvalue weighted by Crippen LogP contribution is 2.35. The van der Waals surface area contributed by atoms with Crippen LogP contribution in [0.4, 0.5) is 5.69 Å². The van der Waals surface area contributed by atoms with Crippen molar-refractivity contribution in [1.82, 2.24) is 19.5 Å². The number of hydrogen-bond donors (Lipinski definition) is 2. The van der Waals surface area contributed by atoms with Gasteiger partial charge in [0.05, 0.1) is 15.5 Å². The number of rotatable bonds is 5. The van der Waals surface area contributed by atoms with E-state index in [1.54, 1.807) is 18.5 Å². The number of pyridine rings is 1. The molecule has 0 radical (unpaired) electrons. The van der Waals surface area contributed by atoms with Crippen LogP contribution in [0.1, 0.15) is 39.7 Å². The van der Waals surface area contributed by atoms with Gasteiger partial charge in [0, 0.05) is 18.9 Å². The summed E-state index contributed by atoms with van der Waals surface area (Å²) in [5.74, 6) is 0.596. The first-order valence-electron chi connectivity index (χ1n) is 9.88. The van der Waals surface area contributed by atoms with Crippen LogP contribution in [0.25, 0.3) is 10.6 Å². The Morgan fingerprint density at radius 3 is 2.77 bits per heavy atom. The van der Waals surface area contributed by atoms with E-state index in [-0.39, 0.29) is 16.9 Å². The van der Waals surface area contributed by atoms with Gasteiger partial charge in [-0.3, -0.25) is 9.78 Å². The molecule has 0 bridgehead atoms. The SMILES string of the molecule is CC.CC(C)CCn1nc(-c2cccs2)c(O)c(C2=Nc3ccncc3SN2)c1=O. The largest absolute Gasteiger partial charge is 0.505 e. The third kappa shape index (κ3) is 4.57. The normalized spacial score (nSPS) is 12.5. The van der Waals surface area contributed by atoms with Crippen LogP contribution in [0.15, 0.2) is 50.7 Å². The summed E-state index contributed by atoms with van der Waals surface area (Å²) >= 11 is 2.78. The zero-order valence-electron chi connectivity index (χ0n) is 17.4. The minimum absolute atomic E-state index is 0.136. The van der Waals surface area contributed by atoms with Crippen molar-refractivity contribution in [2.24, 2.45) is 10.9 Å². The molecular weight excluding hydrogens is 418 g/mol. The highest BCUT2D eigenvalue weighted by atomic mass is 32.2. The second-order valence-electron chi connectivity index (χ2n) is 6.77. The van der Waals surface area contributed by atoms with Gasteiger partial charge in [0.1, 0.15) is 11.3 Å². The third-order valence-corrected chi connectivity index (χ3v) is 6.00.